The van der Waals surface area contributed by atoms with Crippen LogP contribution in [0.2, 0.25) is 5.15 Å². The van der Waals surface area contributed by atoms with E-state index in [1.165, 1.54) is 11.1 Å². The molecule has 2 bridgehead atoms. The van der Waals surface area contributed by atoms with Crippen molar-refractivity contribution >= 4 is 45.9 Å². The van der Waals surface area contributed by atoms with E-state index in [9.17, 15) is 4.79 Å². The first-order chi connectivity index (χ1) is 17.5. The zero-order valence-corrected chi connectivity index (χ0v) is 21.7. The summed E-state index contributed by atoms with van der Waals surface area (Å²) in [4.78, 5) is 37.0. The summed E-state index contributed by atoms with van der Waals surface area (Å²) in [5.74, 6) is 1.71. The lowest BCUT2D eigenvalue weighted by atomic mass is 9.61. The highest BCUT2D eigenvalue weighted by atomic mass is 35.5. The van der Waals surface area contributed by atoms with E-state index in [0.29, 0.717) is 46.4 Å². The number of rotatable bonds is 6. The van der Waals surface area contributed by atoms with Gasteiger partial charge in [0.1, 0.15) is 16.5 Å². The molecule has 3 aliphatic rings. The number of thiophene rings is 1. The molecule has 0 radical (unpaired) electrons. The third-order valence-corrected chi connectivity index (χ3v) is 8.61. The number of carbonyl (C=O) groups is 1. The van der Waals surface area contributed by atoms with Gasteiger partial charge in [0.25, 0.3) is 0 Å². The van der Waals surface area contributed by atoms with Crippen LogP contribution in [0, 0.1) is 24.7 Å². The van der Waals surface area contributed by atoms with Crippen LogP contribution >= 0.6 is 22.9 Å². The highest BCUT2D eigenvalue weighted by Crippen LogP contribution is 2.47. The Morgan fingerprint density at radius 1 is 1.19 bits per heavy atom. The van der Waals surface area contributed by atoms with E-state index in [-0.39, 0.29) is 17.9 Å². The van der Waals surface area contributed by atoms with Gasteiger partial charge in [0.05, 0.1) is 34.9 Å². The number of ether oxygens (including phenoxy) is 1. The van der Waals surface area contributed by atoms with Crippen LogP contribution in [0.1, 0.15) is 37.5 Å². The van der Waals surface area contributed by atoms with Gasteiger partial charge >= 0.3 is 5.97 Å². The summed E-state index contributed by atoms with van der Waals surface area (Å²) in [6.45, 7) is 4.34. The van der Waals surface area contributed by atoms with E-state index >= 15 is 0 Å². The Bertz CT molecular complexity index is 1430. The van der Waals surface area contributed by atoms with Gasteiger partial charge in [-0.2, -0.15) is 0 Å². The SMILES string of the molecule is CCOC(=O)[C@H]1C2CCC(CC2)[C@@H]1Nc1cc(-c2ccc(C)s2)nc(-c2c[nH]c3ncc(Cl)nc23)n1. The number of fused-ring (bicyclic) bond motifs is 4. The molecular weight excluding hydrogens is 496 g/mol. The van der Waals surface area contributed by atoms with Crippen molar-refractivity contribution in [3.05, 3.63) is 40.6 Å². The molecule has 2 N–H and O–H groups in total. The summed E-state index contributed by atoms with van der Waals surface area (Å²) in [5.41, 5.74) is 2.79. The minimum Gasteiger partial charge on any atom is -0.466 e. The van der Waals surface area contributed by atoms with E-state index in [4.69, 9.17) is 26.3 Å². The van der Waals surface area contributed by atoms with Crippen LogP contribution in [0.4, 0.5) is 5.82 Å². The van der Waals surface area contributed by atoms with Gasteiger partial charge in [0, 0.05) is 23.2 Å². The minimum atomic E-state index is -0.166. The van der Waals surface area contributed by atoms with Crippen LogP contribution in [0.5, 0.6) is 0 Å². The van der Waals surface area contributed by atoms with Gasteiger partial charge in [-0.25, -0.2) is 19.9 Å². The standard InChI is InChI=1S/C26H27ClN6O2S/c1-3-35-26(34)21-14-5-7-15(8-6-14)22(21)32-20-10-17(18-9-4-13(2)36-18)30-24(33-20)16-11-28-25-23(16)31-19(27)12-29-25/h4,9-12,14-15,21-22H,3,5-8H2,1-2H3,(H,28,29)(H,30,32,33)/t14?,15?,21-,22-/m0/s1. The van der Waals surface area contributed by atoms with E-state index in [1.54, 1.807) is 11.3 Å². The number of halogens is 1. The Morgan fingerprint density at radius 2 is 2.00 bits per heavy atom. The summed E-state index contributed by atoms with van der Waals surface area (Å²) in [7, 11) is 0. The second-order valence-electron chi connectivity index (χ2n) is 9.59. The first kappa shape index (κ1) is 23.4. The summed E-state index contributed by atoms with van der Waals surface area (Å²) >= 11 is 7.83. The number of carbonyl (C=O) groups excluding carboxylic acids is 1. The molecule has 4 aromatic rings. The first-order valence-electron chi connectivity index (χ1n) is 12.4. The van der Waals surface area contributed by atoms with Crippen molar-refractivity contribution < 1.29 is 9.53 Å². The molecule has 4 heterocycles. The Labute approximate surface area is 217 Å². The lowest BCUT2D eigenvalue weighted by Crippen LogP contribution is -2.52. The zero-order chi connectivity index (χ0) is 24.8. The van der Waals surface area contributed by atoms with Crippen LogP contribution in [-0.2, 0) is 9.53 Å². The molecule has 0 saturated heterocycles. The van der Waals surface area contributed by atoms with Crippen molar-refractivity contribution in [2.45, 2.75) is 45.6 Å². The zero-order valence-electron chi connectivity index (χ0n) is 20.1. The van der Waals surface area contributed by atoms with Gasteiger partial charge in [-0.1, -0.05) is 11.6 Å². The van der Waals surface area contributed by atoms with Crippen molar-refractivity contribution in [1.82, 2.24) is 24.9 Å². The molecule has 2 atom stereocenters. The van der Waals surface area contributed by atoms with E-state index in [0.717, 1.165) is 41.8 Å². The fourth-order valence-corrected chi connectivity index (χ4v) is 6.75. The predicted molar refractivity (Wildman–Crippen MR) is 141 cm³/mol. The molecule has 7 rings (SSSR count). The van der Waals surface area contributed by atoms with Crippen molar-refractivity contribution in [3.63, 3.8) is 0 Å². The van der Waals surface area contributed by atoms with Gasteiger partial charge in [-0.3, -0.25) is 4.79 Å². The van der Waals surface area contributed by atoms with Gasteiger partial charge in [0.2, 0.25) is 0 Å². The molecule has 0 amide bonds. The number of hydrogen-bond donors (Lipinski definition) is 2. The van der Waals surface area contributed by atoms with Crippen molar-refractivity contribution in [3.8, 4) is 22.0 Å². The van der Waals surface area contributed by atoms with Gasteiger partial charge < -0.3 is 15.0 Å². The second kappa shape index (κ2) is 9.44. The monoisotopic (exact) mass is 522 g/mol. The van der Waals surface area contributed by atoms with Crippen LogP contribution in [0.3, 0.4) is 0 Å². The molecule has 0 spiro atoms. The average molecular weight is 523 g/mol. The first-order valence-corrected chi connectivity index (χ1v) is 13.6. The molecule has 0 unspecified atom stereocenters. The average Bonchev–Trinajstić information content (AvgIpc) is 3.50. The van der Waals surface area contributed by atoms with Crippen LogP contribution in [0.25, 0.3) is 33.1 Å². The molecule has 0 aliphatic heterocycles. The van der Waals surface area contributed by atoms with E-state index < -0.39 is 0 Å². The van der Waals surface area contributed by atoms with E-state index in [1.807, 2.05) is 19.2 Å². The van der Waals surface area contributed by atoms with Gasteiger partial charge in [-0.15, -0.1) is 11.3 Å². The van der Waals surface area contributed by atoms with Gasteiger partial charge in [0.15, 0.2) is 11.5 Å². The lowest BCUT2D eigenvalue weighted by Gasteiger charge is -2.47. The Morgan fingerprint density at radius 3 is 2.75 bits per heavy atom. The third-order valence-electron chi connectivity index (χ3n) is 7.40. The van der Waals surface area contributed by atoms with Crippen molar-refractivity contribution in [2.24, 2.45) is 17.8 Å². The number of nitrogens with one attached hydrogen (secondary N) is 2. The molecule has 3 saturated carbocycles. The smallest absolute Gasteiger partial charge is 0.311 e. The van der Waals surface area contributed by atoms with E-state index in [2.05, 4.69) is 39.3 Å². The molecule has 0 aromatic carbocycles. The molecule has 3 aliphatic carbocycles. The Kier molecular flexibility index (Phi) is 6.13. The number of aromatic amines is 1. The molecule has 8 nitrogen and oxygen atoms in total. The number of hydrogen-bond acceptors (Lipinski definition) is 8. The Balaban J connectivity index is 1.43. The summed E-state index contributed by atoms with van der Waals surface area (Å²) < 4.78 is 5.50. The van der Waals surface area contributed by atoms with Crippen molar-refractivity contribution in [1.29, 1.82) is 0 Å². The third kappa shape index (κ3) is 4.24. The van der Waals surface area contributed by atoms with Crippen LogP contribution in [-0.4, -0.2) is 43.5 Å². The number of H-pyrrole nitrogens is 1. The lowest BCUT2D eigenvalue weighted by molar-refractivity contribution is -0.154. The molecule has 36 heavy (non-hydrogen) atoms. The fraction of sp³-hybridized carbons (Fsp3) is 0.423. The Hall–Kier alpha value is -3.04. The van der Waals surface area contributed by atoms with Crippen LogP contribution < -0.4 is 5.32 Å². The molecule has 186 valence electrons. The molecular formula is C26H27ClN6O2S. The number of nitrogens with zero attached hydrogens (tertiary/aromatic N) is 4. The number of aromatic nitrogens is 5. The topological polar surface area (TPSA) is 106 Å². The maximum absolute atomic E-state index is 13.0. The van der Waals surface area contributed by atoms with Crippen molar-refractivity contribution in [2.75, 3.05) is 11.9 Å². The predicted octanol–water partition coefficient (Wildman–Crippen LogP) is 5.89. The molecule has 10 heteroatoms. The quantitative estimate of drug-likeness (QED) is 0.304. The summed E-state index contributed by atoms with van der Waals surface area (Å²) in [6, 6.07) is 6.12. The summed E-state index contributed by atoms with van der Waals surface area (Å²) in [5, 5.41) is 3.97. The summed E-state index contributed by atoms with van der Waals surface area (Å²) in [6.07, 6.45) is 7.71. The minimum absolute atomic E-state index is 0.0190. The number of aryl methyl sites for hydroxylation is 1. The number of anilines is 1. The normalized spacial score (nSPS) is 23.2. The largest absolute Gasteiger partial charge is 0.466 e. The highest BCUT2D eigenvalue weighted by molar-refractivity contribution is 7.15. The maximum atomic E-state index is 13.0. The number of esters is 1. The second-order valence-corrected chi connectivity index (χ2v) is 11.3. The maximum Gasteiger partial charge on any atom is 0.311 e. The fourth-order valence-electron chi connectivity index (χ4n) is 5.79. The highest BCUT2D eigenvalue weighted by Gasteiger charge is 2.48. The van der Waals surface area contributed by atoms with Gasteiger partial charge in [-0.05, 0) is 63.5 Å². The molecule has 3 fully saturated rings. The van der Waals surface area contributed by atoms with Crippen LogP contribution in [0.15, 0.2) is 30.6 Å². The molecule has 4 aromatic heterocycles.